The summed E-state index contributed by atoms with van der Waals surface area (Å²) in [6.07, 6.45) is 1.81. The van der Waals surface area contributed by atoms with Crippen molar-refractivity contribution >= 4 is 40.5 Å². The fourth-order valence-electron chi connectivity index (χ4n) is 2.27. The molecular weight excluding hydrogens is 294 g/mol. The van der Waals surface area contributed by atoms with Gasteiger partial charge in [-0.25, -0.2) is 0 Å². The molecule has 2 N–H and O–H groups in total. The van der Waals surface area contributed by atoms with Gasteiger partial charge >= 0.3 is 0 Å². The molecule has 0 radical (unpaired) electrons. The molecule has 0 atom stereocenters. The van der Waals surface area contributed by atoms with Crippen LogP contribution in [0.25, 0.3) is 0 Å². The minimum absolute atomic E-state index is 0.0280. The van der Waals surface area contributed by atoms with E-state index in [1.807, 2.05) is 24.3 Å². The number of piperidine rings is 1. The van der Waals surface area contributed by atoms with Gasteiger partial charge in [-0.2, -0.15) is 0 Å². The molecule has 1 heterocycles. The molecular formula is C14H18ClN3OS. The van der Waals surface area contributed by atoms with Gasteiger partial charge in [0.1, 0.15) is 0 Å². The lowest BCUT2D eigenvalue weighted by Gasteiger charge is -2.34. The third kappa shape index (κ3) is 4.08. The van der Waals surface area contributed by atoms with Crippen LogP contribution in [0.2, 0.25) is 5.02 Å². The van der Waals surface area contributed by atoms with Crippen LogP contribution < -0.4 is 10.6 Å². The summed E-state index contributed by atoms with van der Waals surface area (Å²) in [6, 6.07) is 7.79. The van der Waals surface area contributed by atoms with Crippen LogP contribution in [0.15, 0.2) is 24.3 Å². The van der Waals surface area contributed by atoms with Crippen molar-refractivity contribution in [1.29, 1.82) is 0 Å². The molecule has 1 fully saturated rings. The number of halogens is 1. The summed E-state index contributed by atoms with van der Waals surface area (Å²) in [6.45, 7) is 3.22. The van der Waals surface area contributed by atoms with Crippen LogP contribution >= 0.6 is 23.8 Å². The first-order valence-corrected chi connectivity index (χ1v) is 7.42. The highest BCUT2D eigenvalue weighted by Crippen LogP contribution is 2.21. The number of likely N-dealkylation sites (tertiary alicyclic amines) is 1. The lowest BCUT2D eigenvalue weighted by atomic mass is 10.1. The normalized spacial score (nSPS) is 15.8. The molecule has 1 saturated heterocycles. The Morgan fingerprint density at radius 3 is 2.60 bits per heavy atom. The molecule has 4 nitrogen and oxygen atoms in total. The standard InChI is InChI=1S/C14H18ClN3OS/c1-10(19)16-11-6-8-18(9-7-11)14(20)17-13-5-3-2-4-12(13)15/h2-5,11H,6-9H2,1H3,(H,16,19)(H,17,20). The maximum absolute atomic E-state index is 11.0. The van der Waals surface area contributed by atoms with Crippen LogP contribution in [0.4, 0.5) is 5.69 Å². The molecule has 1 aliphatic rings. The smallest absolute Gasteiger partial charge is 0.217 e. The first kappa shape index (κ1) is 15.1. The summed E-state index contributed by atoms with van der Waals surface area (Å²) in [5.41, 5.74) is 0.822. The third-order valence-electron chi connectivity index (χ3n) is 3.31. The first-order valence-electron chi connectivity index (χ1n) is 6.64. The number of para-hydroxylation sites is 1. The van der Waals surface area contributed by atoms with Crippen LogP contribution in [-0.4, -0.2) is 35.1 Å². The Labute approximate surface area is 129 Å². The number of thiocarbonyl (C=S) groups is 1. The number of rotatable bonds is 2. The van der Waals surface area contributed by atoms with Gasteiger partial charge in [0.2, 0.25) is 5.91 Å². The Morgan fingerprint density at radius 1 is 1.35 bits per heavy atom. The van der Waals surface area contributed by atoms with Crippen LogP contribution in [0.1, 0.15) is 19.8 Å². The van der Waals surface area contributed by atoms with Crippen molar-refractivity contribution in [1.82, 2.24) is 10.2 Å². The molecule has 1 aromatic rings. The van der Waals surface area contributed by atoms with E-state index >= 15 is 0 Å². The summed E-state index contributed by atoms with van der Waals surface area (Å²) in [4.78, 5) is 13.1. The van der Waals surface area contributed by atoms with Gasteiger partial charge in [-0.05, 0) is 37.2 Å². The Hall–Kier alpha value is -1.33. The van der Waals surface area contributed by atoms with E-state index in [0.29, 0.717) is 10.1 Å². The summed E-state index contributed by atoms with van der Waals surface area (Å²) in [5, 5.41) is 7.46. The zero-order valence-electron chi connectivity index (χ0n) is 11.4. The van der Waals surface area contributed by atoms with Gasteiger partial charge in [0.15, 0.2) is 5.11 Å². The summed E-state index contributed by atoms with van der Waals surface area (Å²) >= 11 is 11.5. The Morgan fingerprint density at radius 2 is 2.00 bits per heavy atom. The van der Waals surface area contributed by atoms with E-state index in [4.69, 9.17) is 23.8 Å². The maximum Gasteiger partial charge on any atom is 0.217 e. The molecule has 0 unspecified atom stereocenters. The van der Waals surface area contributed by atoms with Crippen molar-refractivity contribution in [2.45, 2.75) is 25.8 Å². The Bertz CT molecular complexity index is 501. The van der Waals surface area contributed by atoms with Crippen molar-refractivity contribution in [2.24, 2.45) is 0 Å². The number of hydrogen-bond donors (Lipinski definition) is 2. The average Bonchev–Trinajstić information content (AvgIpc) is 2.41. The van der Waals surface area contributed by atoms with Gasteiger partial charge in [-0.15, -0.1) is 0 Å². The Kier molecular flexibility index (Phi) is 5.20. The number of hydrogen-bond acceptors (Lipinski definition) is 2. The molecule has 2 rings (SSSR count). The summed E-state index contributed by atoms with van der Waals surface area (Å²) in [5.74, 6) is 0.0280. The predicted octanol–water partition coefficient (Wildman–Crippen LogP) is 2.64. The van der Waals surface area contributed by atoms with Crippen LogP contribution in [-0.2, 0) is 4.79 Å². The molecule has 1 aliphatic heterocycles. The van der Waals surface area contributed by atoms with Crippen molar-refractivity contribution in [2.75, 3.05) is 18.4 Å². The van der Waals surface area contributed by atoms with Gasteiger partial charge in [0.25, 0.3) is 0 Å². The SMILES string of the molecule is CC(=O)NC1CCN(C(=S)Nc2ccccc2Cl)CC1. The molecule has 0 bridgehead atoms. The van der Waals surface area contributed by atoms with Crippen molar-refractivity contribution in [3.8, 4) is 0 Å². The molecule has 6 heteroatoms. The van der Waals surface area contributed by atoms with E-state index in [1.54, 1.807) is 6.92 Å². The van der Waals surface area contributed by atoms with E-state index in [9.17, 15) is 4.79 Å². The fourth-order valence-corrected chi connectivity index (χ4v) is 2.75. The Balaban J connectivity index is 1.86. The van der Waals surface area contributed by atoms with Crippen LogP contribution in [0.3, 0.4) is 0 Å². The van der Waals surface area contributed by atoms with Gasteiger partial charge in [-0.1, -0.05) is 23.7 Å². The number of anilines is 1. The largest absolute Gasteiger partial charge is 0.353 e. The molecule has 1 amide bonds. The number of benzene rings is 1. The van der Waals surface area contributed by atoms with E-state index in [1.165, 1.54) is 0 Å². The highest BCUT2D eigenvalue weighted by Gasteiger charge is 2.21. The van der Waals surface area contributed by atoms with Crippen LogP contribution in [0.5, 0.6) is 0 Å². The highest BCUT2D eigenvalue weighted by atomic mass is 35.5. The average molecular weight is 312 g/mol. The molecule has 0 aliphatic carbocycles. The second-order valence-corrected chi connectivity index (χ2v) is 5.67. The number of carbonyl (C=O) groups is 1. The third-order valence-corrected chi connectivity index (χ3v) is 3.99. The summed E-state index contributed by atoms with van der Waals surface area (Å²) in [7, 11) is 0. The zero-order chi connectivity index (χ0) is 14.5. The number of amides is 1. The minimum Gasteiger partial charge on any atom is -0.353 e. The lowest BCUT2D eigenvalue weighted by Crippen LogP contribution is -2.47. The monoisotopic (exact) mass is 311 g/mol. The number of carbonyl (C=O) groups excluding carboxylic acids is 1. The second kappa shape index (κ2) is 6.90. The lowest BCUT2D eigenvalue weighted by molar-refractivity contribution is -0.119. The second-order valence-electron chi connectivity index (χ2n) is 4.87. The van der Waals surface area contributed by atoms with Gasteiger partial charge in [-0.3, -0.25) is 4.79 Å². The van der Waals surface area contributed by atoms with Crippen molar-refractivity contribution in [3.05, 3.63) is 29.3 Å². The topological polar surface area (TPSA) is 44.4 Å². The minimum atomic E-state index is 0.0280. The molecule has 1 aromatic carbocycles. The van der Waals surface area contributed by atoms with Gasteiger partial charge in [0.05, 0.1) is 10.7 Å². The van der Waals surface area contributed by atoms with E-state index < -0.39 is 0 Å². The fraction of sp³-hybridized carbons (Fsp3) is 0.429. The molecule has 0 spiro atoms. The predicted molar refractivity (Wildman–Crippen MR) is 86.1 cm³/mol. The number of nitrogens with zero attached hydrogens (tertiary/aromatic N) is 1. The number of nitrogens with one attached hydrogen (secondary N) is 2. The maximum atomic E-state index is 11.0. The molecule has 0 aromatic heterocycles. The van der Waals surface area contributed by atoms with Crippen molar-refractivity contribution < 1.29 is 4.79 Å². The van der Waals surface area contributed by atoms with Crippen LogP contribution in [0, 0.1) is 0 Å². The van der Waals surface area contributed by atoms with Gasteiger partial charge in [0, 0.05) is 26.1 Å². The highest BCUT2D eigenvalue weighted by molar-refractivity contribution is 7.80. The van der Waals surface area contributed by atoms with Gasteiger partial charge < -0.3 is 15.5 Å². The molecule has 0 saturated carbocycles. The zero-order valence-corrected chi connectivity index (χ0v) is 12.9. The summed E-state index contributed by atoms with van der Waals surface area (Å²) < 4.78 is 0. The van der Waals surface area contributed by atoms with Crippen molar-refractivity contribution in [3.63, 3.8) is 0 Å². The quantitative estimate of drug-likeness (QED) is 0.824. The first-order chi connectivity index (χ1) is 9.56. The van der Waals surface area contributed by atoms with E-state index in [2.05, 4.69) is 15.5 Å². The molecule has 108 valence electrons. The molecule has 20 heavy (non-hydrogen) atoms. The van der Waals surface area contributed by atoms with E-state index in [-0.39, 0.29) is 11.9 Å². The van der Waals surface area contributed by atoms with E-state index in [0.717, 1.165) is 31.6 Å².